The van der Waals surface area contributed by atoms with Crippen LogP contribution < -0.4 is 5.32 Å². The average molecular weight is 254 g/mol. The van der Waals surface area contributed by atoms with Gasteiger partial charge < -0.3 is 19.8 Å². The topological polar surface area (TPSA) is 74.4 Å². The monoisotopic (exact) mass is 254 g/mol. The Bertz CT molecular complexity index is 365. The molecule has 0 aromatic carbocycles. The van der Waals surface area contributed by atoms with Crippen LogP contribution in [0.2, 0.25) is 0 Å². The first-order valence-corrected chi connectivity index (χ1v) is 6.69. The smallest absolute Gasteiger partial charge is 0.243 e. The molecule has 1 fully saturated rings. The van der Waals surface area contributed by atoms with E-state index in [9.17, 15) is 5.11 Å². The van der Waals surface area contributed by atoms with Gasteiger partial charge in [-0.15, -0.1) is 0 Å². The van der Waals surface area contributed by atoms with Gasteiger partial charge in [-0.25, -0.2) is 0 Å². The number of hydrogen-bond donors (Lipinski definition) is 2. The van der Waals surface area contributed by atoms with Gasteiger partial charge in [0.2, 0.25) is 5.89 Å². The standard InChI is InChI=1S/C12H22N4O2/c1-3-16(4-2)6-5-11-14-12(18-15-11)10-7-9(17)8-13-10/h9-10,13,17H,3-8H2,1-2H3/t9-,10+/m1/s1. The number of hydrogen-bond acceptors (Lipinski definition) is 6. The number of rotatable bonds is 6. The fourth-order valence-electron chi connectivity index (χ4n) is 2.21. The summed E-state index contributed by atoms with van der Waals surface area (Å²) in [5.41, 5.74) is 0. The van der Waals surface area contributed by atoms with E-state index < -0.39 is 0 Å². The molecule has 102 valence electrons. The molecular weight excluding hydrogens is 232 g/mol. The summed E-state index contributed by atoms with van der Waals surface area (Å²) in [6, 6.07) is 0.00898. The van der Waals surface area contributed by atoms with Crippen LogP contribution in [0.15, 0.2) is 4.52 Å². The molecule has 0 radical (unpaired) electrons. The van der Waals surface area contributed by atoms with Gasteiger partial charge in [0.05, 0.1) is 12.1 Å². The van der Waals surface area contributed by atoms with Gasteiger partial charge >= 0.3 is 0 Å². The summed E-state index contributed by atoms with van der Waals surface area (Å²) >= 11 is 0. The highest BCUT2D eigenvalue weighted by atomic mass is 16.5. The van der Waals surface area contributed by atoms with Gasteiger partial charge in [-0.2, -0.15) is 4.98 Å². The lowest BCUT2D eigenvalue weighted by Crippen LogP contribution is -2.25. The second-order valence-electron chi connectivity index (χ2n) is 4.68. The van der Waals surface area contributed by atoms with Crippen molar-refractivity contribution in [3.63, 3.8) is 0 Å². The van der Waals surface area contributed by atoms with E-state index in [0.717, 1.165) is 31.9 Å². The lowest BCUT2D eigenvalue weighted by Gasteiger charge is -2.16. The molecule has 0 amide bonds. The minimum absolute atomic E-state index is 0.00898. The summed E-state index contributed by atoms with van der Waals surface area (Å²) in [6.07, 6.45) is 1.15. The zero-order valence-corrected chi connectivity index (χ0v) is 11.1. The Morgan fingerprint density at radius 2 is 2.22 bits per heavy atom. The SMILES string of the molecule is CCN(CC)CCc1noc([C@@H]2C[C@@H](O)CN2)n1. The molecule has 1 aromatic rings. The molecule has 0 bridgehead atoms. The highest BCUT2D eigenvalue weighted by molar-refractivity contribution is 4.97. The van der Waals surface area contributed by atoms with Crippen LogP contribution in [0.3, 0.4) is 0 Å². The van der Waals surface area contributed by atoms with Crippen LogP contribution in [0.1, 0.15) is 38.0 Å². The minimum Gasteiger partial charge on any atom is -0.392 e. The molecule has 2 N–H and O–H groups in total. The zero-order chi connectivity index (χ0) is 13.0. The highest BCUT2D eigenvalue weighted by Crippen LogP contribution is 2.21. The summed E-state index contributed by atoms with van der Waals surface area (Å²) in [6.45, 7) is 7.92. The fourth-order valence-corrected chi connectivity index (χ4v) is 2.21. The normalized spacial score (nSPS) is 24.0. The molecule has 1 aliphatic rings. The van der Waals surface area contributed by atoms with Crippen molar-refractivity contribution in [3.05, 3.63) is 11.7 Å². The summed E-state index contributed by atoms with van der Waals surface area (Å²) in [7, 11) is 0. The highest BCUT2D eigenvalue weighted by Gasteiger charge is 2.27. The van der Waals surface area contributed by atoms with E-state index in [-0.39, 0.29) is 12.1 Å². The first-order valence-electron chi connectivity index (χ1n) is 6.69. The van der Waals surface area contributed by atoms with Crippen molar-refractivity contribution < 1.29 is 9.63 Å². The summed E-state index contributed by atoms with van der Waals surface area (Å²) in [5, 5.41) is 16.6. The number of aliphatic hydroxyl groups is 1. The number of likely N-dealkylation sites (N-methyl/N-ethyl adjacent to an activating group) is 1. The van der Waals surface area contributed by atoms with E-state index in [1.54, 1.807) is 0 Å². The van der Waals surface area contributed by atoms with Crippen molar-refractivity contribution >= 4 is 0 Å². The maximum Gasteiger partial charge on any atom is 0.243 e. The van der Waals surface area contributed by atoms with E-state index in [2.05, 4.69) is 34.2 Å². The van der Waals surface area contributed by atoms with Gasteiger partial charge in [-0.1, -0.05) is 19.0 Å². The summed E-state index contributed by atoms with van der Waals surface area (Å²) in [5.74, 6) is 1.35. The van der Waals surface area contributed by atoms with Crippen LogP contribution in [0, 0.1) is 0 Å². The summed E-state index contributed by atoms with van der Waals surface area (Å²) in [4.78, 5) is 6.72. The Balaban J connectivity index is 1.86. The quantitative estimate of drug-likeness (QED) is 0.763. The van der Waals surface area contributed by atoms with Crippen molar-refractivity contribution in [2.45, 2.75) is 38.8 Å². The molecule has 0 spiro atoms. The Kier molecular flexibility index (Phi) is 4.68. The number of aliphatic hydroxyl groups excluding tert-OH is 1. The lowest BCUT2D eigenvalue weighted by atomic mass is 10.2. The third-order valence-corrected chi connectivity index (χ3v) is 3.44. The molecule has 0 saturated carbocycles. The molecule has 2 rings (SSSR count). The molecule has 0 unspecified atom stereocenters. The van der Waals surface area contributed by atoms with Crippen LogP contribution in [-0.4, -0.2) is 52.4 Å². The second-order valence-corrected chi connectivity index (χ2v) is 4.68. The summed E-state index contributed by atoms with van der Waals surface area (Å²) < 4.78 is 5.24. The van der Waals surface area contributed by atoms with Crippen LogP contribution in [0.25, 0.3) is 0 Å². The number of β-amino-alcohol motifs (C(OH)–C–C–N with tert-alkyl or cyclic N) is 1. The predicted octanol–water partition coefficient (Wildman–Crippen LogP) is 0.349. The minimum atomic E-state index is -0.305. The molecule has 0 aliphatic carbocycles. The third-order valence-electron chi connectivity index (χ3n) is 3.44. The maximum atomic E-state index is 9.45. The van der Waals surface area contributed by atoms with E-state index in [4.69, 9.17) is 4.52 Å². The van der Waals surface area contributed by atoms with Crippen molar-refractivity contribution in [2.24, 2.45) is 0 Å². The molecular formula is C12H22N4O2. The molecule has 2 atom stereocenters. The van der Waals surface area contributed by atoms with Crippen molar-refractivity contribution in [1.82, 2.24) is 20.4 Å². The van der Waals surface area contributed by atoms with E-state index in [1.165, 1.54) is 0 Å². The Labute approximate surface area is 107 Å². The predicted molar refractivity (Wildman–Crippen MR) is 67.2 cm³/mol. The second kappa shape index (κ2) is 6.26. The van der Waals surface area contributed by atoms with Gasteiger partial charge in [0.15, 0.2) is 5.82 Å². The van der Waals surface area contributed by atoms with E-state index in [1.807, 2.05) is 0 Å². The number of nitrogens with one attached hydrogen (secondary N) is 1. The van der Waals surface area contributed by atoms with Crippen LogP contribution >= 0.6 is 0 Å². The van der Waals surface area contributed by atoms with Crippen LogP contribution in [-0.2, 0) is 6.42 Å². The van der Waals surface area contributed by atoms with Crippen LogP contribution in [0.5, 0.6) is 0 Å². The van der Waals surface area contributed by atoms with E-state index in [0.29, 0.717) is 18.9 Å². The molecule has 6 nitrogen and oxygen atoms in total. The Hall–Kier alpha value is -0.980. The molecule has 2 heterocycles. The number of nitrogens with zero attached hydrogens (tertiary/aromatic N) is 3. The van der Waals surface area contributed by atoms with Gasteiger partial charge in [-0.05, 0) is 19.5 Å². The van der Waals surface area contributed by atoms with Crippen molar-refractivity contribution in [2.75, 3.05) is 26.2 Å². The van der Waals surface area contributed by atoms with Crippen molar-refractivity contribution in [3.8, 4) is 0 Å². The Morgan fingerprint density at radius 1 is 1.44 bits per heavy atom. The Morgan fingerprint density at radius 3 is 2.83 bits per heavy atom. The molecule has 1 aromatic heterocycles. The van der Waals surface area contributed by atoms with Crippen molar-refractivity contribution in [1.29, 1.82) is 0 Å². The first-order chi connectivity index (χ1) is 8.72. The fraction of sp³-hybridized carbons (Fsp3) is 0.833. The molecule has 6 heteroatoms. The lowest BCUT2D eigenvalue weighted by molar-refractivity contribution is 0.191. The average Bonchev–Trinajstić information content (AvgIpc) is 2.99. The molecule has 1 saturated heterocycles. The van der Waals surface area contributed by atoms with Gasteiger partial charge in [0.25, 0.3) is 0 Å². The van der Waals surface area contributed by atoms with Gasteiger partial charge in [0, 0.05) is 19.5 Å². The van der Waals surface area contributed by atoms with Crippen LogP contribution in [0.4, 0.5) is 0 Å². The maximum absolute atomic E-state index is 9.45. The third kappa shape index (κ3) is 3.28. The van der Waals surface area contributed by atoms with Gasteiger partial charge in [-0.3, -0.25) is 0 Å². The largest absolute Gasteiger partial charge is 0.392 e. The number of aromatic nitrogens is 2. The molecule has 18 heavy (non-hydrogen) atoms. The van der Waals surface area contributed by atoms with E-state index >= 15 is 0 Å². The molecule has 1 aliphatic heterocycles. The first kappa shape index (κ1) is 13.5. The zero-order valence-electron chi connectivity index (χ0n) is 11.1. The van der Waals surface area contributed by atoms with Gasteiger partial charge in [0.1, 0.15) is 0 Å².